The third kappa shape index (κ3) is 4.39. The van der Waals surface area contributed by atoms with Crippen molar-refractivity contribution in [3.8, 4) is 0 Å². The fourth-order valence-electron chi connectivity index (χ4n) is 1.79. The minimum atomic E-state index is -0.981. The number of hydrogen-bond donors (Lipinski definition) is 2. The molecular weight excluding hydrogens is 242 g/mol. The van der Waals surface area contributed by atoms with Crippen LogP contribution in [0, 0.1) is 13.8 Å². The number of unbranched alkanes of at least 4 members (excludes halogenated alkanes) is 1. The molecule has 0 bridgehead atoms. The smallest absolute Gasteiger partial charge is 0.326 e. The number of carbonyl (C=O) groups excluding carboxylic acids is 1. The van der Waals surface area contributed by atoms with Gasteiger partial charge in [-0.05, 0) is 43.5 Å². The summed E-state index contributed by atoms with van der Waals surface area (Å²) in [5, 5.41) is 11.7. The molecule has 0 aromatic heterocycles. The predicted octanol–water partition coefficient (Wildman–Crippen LogP) is 2.68. The van der Waals surface area contributed by atoms with Gasteiger partial charge in [0.05, 0.1) is 0 Å². The molecule has 1 atom stereocenters. The molecule has 1 aromatic carbocycles. The van der Waals surface area contributed by atoms with E-state index in [0.717, 1.165) is 24.0 Å². The van der Waals surface area contributed by atoms with Crippen LogP contribution in [0.5, 0.6) is 0 Å². The monoisotopic (exact) mass is 263 g/mol. The van der Waals surface area contributed by atoms with E-state index in [-0.39, 0.29) is 5.91 Å². The molecule has 0 spiro atoms. The van der Waals surface area contributed by atoms with Crippen LogP contribution in [0.3, 0.4) is 0 Å². The van der Waals surface area contributed by atoms with Crippen molar-refractivity contribution in [2.45, 2.75) is 46.1 Å². The Bertz CT molecular complexity index is 468. The van der Waals surface area contributed by atoms with Gasteiger partial charge in [0.2, 0.25) is 0 Å². The highest BCUT2D eigenvalue weighted by Gasteiger charge is 2.20. The molecule has 104 valence electrons. The van der Waals surface area contributed by atoms with Crippen molar-refractivity contribution in [2.75, 3.05) is 0 Å². The lowest BCUT2D eigenvalue weighted by atomic mass is 10.0. The average Bonchev–Trinajstić information content (AvgIpc) is 2.37. The van der Waals surface area contributed by atoms with Crippen molar-refractivity contribution < 1.29 is 14.7 Å². The summed E-state index contributed by atoms with van der Waals surface area (Å²) in [5.41, 5.74) is 2.64. The molecule has 0 saturated carbocycles. The molecular formula is C15H21NO3. The van der Waals surface area contributed by atoms with Crippen molar-refractivity contribution in [1.82, 2.24) is 5.32 Å². The zero-order chi connectivity index (χ0) is 14.4. The molecule has 4 heteroatoms. The molecule has 0 heterocycles. The van der Waals surface area contributed by atoms with Crippen LogP contribution in [-0.4, -0.2) is 23.0 Å². The van der Waals surface area contributed by atoms with Gasteiger partial charge in [0.25, 0.3) is 5.91 Å². The second-order valence-electron chi connectivity index (χ2n) is 4.81. The average molecular weight is 263 g/mol. The fourth-order valence-corrected chi connectivity index (χ4v) is 1.79. The highest BCUT2D eigenvalue weighted by molar-refractivity contribution is 5.96. The Labute approximate surface area is 113 Å². The minimum absolute atomic E-state index is 0.327. The van der Waals surface area contributed by atoms with Crippen LogP contribution in [0.2, 0.25) is 0 Å². The molecule has 1 aromatic rings. The third-order valence-corrected chi connectivity index (χ3v) is 3.22. The second-order valence-corrected chi connectivity index (χ2v) is 4.81. The maximum absolute atomic E-state index is 12.0. The van der Waals surface area contributed by atoms with E-state index in [4.69, 9.17) is 5.11 Å². The zero-order valence-electron chi connectivity index (χ0n) is 11.7. The van der Waals surface area contributed by atoms with Crippen LogP contribution in [0.4, 0.5) is 0 Å². The van der Waals surface area contributed by atoms with Gasteiger partial charge < -0.3 is 10.4 Å². The van der Waals surface area contributed by atoms with Crippen LogP contribution >= 0.6 is 0 Å². The first-order valence-corrected chi connectivity index (χ1v) is 6.56. The van der Waals surface area contributed by atoms with E-state index in [9.17, 15) is 9.59 Å². The SMILES string of the molecule is CCCCC(NC(=O)c1ccc(C)c(C)c1)C(=O)O. The topological polar surface area (TPSA) is 66.4 Å². The normalized spacial score (nSPS) is 11.9. The van der Waals surface area contributed by atoms with E-state index in [1.807, 2.05) is 26.8 Å². The van der Waals surface area contributed by atoms with Crippen molar-refractivity contribution in [2.24, 2.45) is 0 Å². The Kier molecular flexibility index (Phi) is 5.55. The molecule has 1 amide bonds. The lowest BCUT2D eigenvalue weighted by Crippen LogP contribution is -2.40. The Morgan fingerprint density at radius 2 is 1.95 bits per heavy atom. The number of hydrogen-bond acceptors (Lipinski definition) is 2. The predicted molar refractivity (Wildman–Crippen MR) is 74.3 cm³/mol. The Balaban J connectivity index is 2.75. The van der Waals surface area contributed by atoms with Gasteiger partial charge in [0, 0.05) is 5.56 Å². The molecule has 1 rings (SSSR count). The molecule has 1 unspecified atom stereocenters. The number of amides is 1. The molecule has 0 aliphatic rings. The van der Waals surface area contributed by atoms with Gasteiger partial charge in [-0.25, -0.2) is 4.79 Å². The molecule has 19 heavy (non-hydrogen) atoms. The lowest BCUT2D eigenvalue weighted by Gasteiger charge is -2.14. The van der Waals surface area contributed by atoms with Gasteiger partial charge in [0.1, 0.15) is 6.04 Å². The number of aryl methyl sites for hydroxylation is 2. The number of carboxylic acid groups (broad SMARTS) is 1. The lowest BCUT2D eigenvalue weighted by molar-refractivity contribution is -0.139. The summed E-state index contributed by atoms with van der Waals surface area (Å²) in [7, 11) is 0. The summed E-state index contributed by atoms with van der Waals surface area (Å²) in [5.74, 6) is -1.31. The number of nitrogens with one attached hydrogen (secondary N) is 1. The maximum Gasteiger partial charge on any atom is 0.326 e. The van der Waals surface area contributed by atoms with E-state index in [0.29, 0.717) is 12.0 Å². The summed E-state index contributed by atoms with van der Waals surface area (Å²) in [4.78, 5) is 23.1. The fraction of sp³-hybridized carbons (Fsp3) is 0.467. The second kappa shape index (κ2) is 6.92. The summed E-state index contributed by atoms with van der Waals surface area (Å²) in [6.07, 6.45) is 2.15. The van der Waals surface area contributed by atoms with Crippen LogP contribution in [0.15, 0.2) is 18.2 Å². The number of benzene rings is 1. The third-order valence-electron chi connectivity index (χ3n) is 3.22. The summed E-state index contributed by atoms with van der Waals surface area (Å²) < 4.78 is 0. The Morgan fingerprint density at radius 3 is 2.47 bits per heavy atom. The molecule has 0 radical (unpaired) electrons. The van der Waals surface area contributed by atoms with Crippen molar-refractivity contribution >= 4 is 11.9 Å². The quantitative estimate of drug-likeness (QED) is 0.829. The molecule has 0 saturated heterocycles. The van der Waals surface area contributed by atoms with Gasteiger partial charge in [-0.3, -0.25) is 4.79 Å². The van der Waals surface area contributed by atoms with Gasteiger partial charge in [-0.15, -0.1) is 0 Å². The Hall–Kier alpha value is -1.84. The van der Waals surface area contributed by atoms with Gasteiger partial charge >= 0.3 is 5.97 Å². The molecule has 0 aliphatic heterocycles. The molecule has 0 aliphatic carbocycles. The van der Waals surface area contributed by atoms with Crippen LogP contribution in [0.1, 0.15) is 47.7 Å². The van der Waals surface area contributed by atoms with Gasteiger partial charge in [0.15, 0.2) is 0 Å². The summed E-state index contributed by atoms with van der Waals surface area (Å²) >= 11 is 0. The van der Waals surface area contributed by atoms with E-state index in [2.05, 4.69) is 5.32 Å². The summed E-state index contributed by atoms with van der Waals surface area (Å²) in [6.45, 7) is 5.89. The maximum atomic E-state index is 12.0. The Morgan fingerprint density at radius 1 is 1.26 bits per heavy atom. The number of rotatable bonds is 6. The highest BCUT2D eigenvalue weighted by atomic mass is 16.4. The van der Waals surface area contributed by atoms with Crippen LogP contribution in [0.25, 0.3) is 0 Å². The number of aliphatic carboxylic acids is 1. The van der Waals surface area contributed by atoms with Gasteiger partial charge in [-0.2, -0.15) is 0 Å². The van der Waals surface area contributed by atoms with Crippen molar-refractivity contribution in [3.05, 3.63) is 34.9 Å². The standard InChI is InChI=1S/C15H21NO3/c1-4-5-6-13(15(18)19)16-14(17)12-8-7-10(2)11(3)9-12/h7-9,13H,4-6H2,1-3H3,(H,16,17)(H,18,19). The molecule has 0 fully saturated rings. The first kappa shape index (κ1) is 15.2. The summed E-state index contributed by atoms with van der Waals surface area (Å²) in [6, 6.07) is 4.56. The van der Waals surface area contributed by atoms with Crippen LogP contribution in [-0.2, 0) is 4.79 Å². The highest BCUT2D eigenvalue weighted by Crippen LogP contribution is 2.10. The van der Waals surface area contributed by atoms with E-state index in [1.165, 1.54) is 0 Å². The van der Waals surface area contributed by atoms with Crippen molar-refractivity contribution in [1.29, 1.82) is 0 Å². The van der Waals surface area contributed by atoms with Crippen molar-refractivity contribution in [3.63, 3.8) is 0 Å². The van der Waals surface area contributed by atoms with E-state index < -0.39 is 12.0 Å². The first-order valence-electron chi connectivity index (χ1n) is 6.56. The van der Waals surface area contributed by atoms with Gasteiger partial charge in [-0.1, -0.05) is 25.8 Å². The molecule has 4 nitrogen and oxygen atoms in total. The largest absolute Gasteiger partial charge is 0.480 e. The molecule has 2 N–H and O–H groups in total. The number of carboxylic acids is 1. The van der Waals surface area contributed by atoms with Crippen LogP contribution < -0.4 is 5.32 Å². The first-order chi connectivity index (χ1) is 8.95. The minimum Gasteiger partial charge on any atom is -0.480 e. The van der Waals surface area contributed by atoms with E-state index in [1.54, 1.807) is 12.1 Å². The number of carbonyl (C=O) groups is 2. The van der Waals surface area contributed by atoms with E-state index >= 15 is 0 Å². The zero-order valence-corrected chi connectivity index (χ0v) is 11.7.